The van der Waals surface area contributed by atoms with Crippen LogP contribution in [0, 0.1) is 16.7 Å². The number of nitrogens with zero attached hydrogens (tertiary/aromatic N) is 3. The molecule has 5 nitrogen and oxygen atoms in total. The van der Waals surface area contributed by atoms with Gasteiger partial charge in [0.2, 0.25) is 5.91 Å². The Labute approximate surface area is 163 Å². The van der Waals surface area contributed by atoms with Gasteiger partial charge in [-0.2, -0.15) is 5.26 Å². The maximum Gasteiger partial charge on any atom is 0.243 e. The van der Waals surface area contributed by atoms with Gasteiger partial charge in [-0.05, 0) is 42.5 Å². The van der Waals surface area contributed by atoms with Gasteiger partial charge in [0.1, 0.15) is 5.41 Å². The normalized spacial score (nSPS) is 18.1. The zero-order valence-corrected chi connectivity index (χ0v) is 16.1. The van der Waals surface area contributed by atoms with Crippen molar-refractivity contribution in [1.82, 2.24) is 9.88 Å². The first kappa shape index (κ1) is 18.1. The second-order valence-electron chi connectivity index (χ2n) is 7.39. The van der Waals surface area contributed by atoms with E-state index in [-0.39, 0.29) is 5.91 Å². The first-order valence-electron chi connectivity index (χ1n) is 9.48. The average molecular weight is 382 g/mol. The Balaban J connectivity index is 1.37. The van der Waals surface area contributed by atoms with Crippen molar-refractivity contribution in [3.63, 3.8) is 0 Å². The molecule has 0 atom stereocenters. The Hall–Kier alpha value is -2.23. The molecule has 3 heterocycles. The number of fused-ring (bicyclic) bond motifs is 1. The third kappa shape index (κ3) is 3.76. The lowest BCUT2D eigenvalue weighted by Gasteiger charge is -2.32. The average Bonchev–Trinajstić information content (AvgIpc) is 3.35. The van der Waals surface area contributed by atoms with E-state index in [9.17, 15) is 10.1 Å². The van der Waals surface area contributed by atoms with Crippen LogP contribution in [0.15, 0.2) is 30.6 Å². The van der Waals surface area contributed by atoms with E-state index < -0.39 is 5.41 Å². The standard InChI is InChI=1S/C21H23N3O2S/c22-15-21(6-1-2-7-21)20(25)24-9-5-19-17(12-24)10-18(27-19)14-26-13-16-4-3-8-23-11-16/h3-4,8,10-11H,1-2,5-7,9,12-14H2. The maximum atomic E-state index is 13.0. The van der Waals surface area contributed by atoms with Crippen LogP contribution in [-0.4, -0.2) is 22.3 Å². The number of rotatable bonds is 5. The summed E-state index contributed by atoms with van der Waals surface area (Å²) in [6.45, 7) is 2.46. The molecule has 27 heavy (non-hydrogen) atoms. The number of amides is 1. The summed E-state index contributed by atoms with van der Waals surface area (Å²) in [6, 6.07) is 8.41. The number of hydrogen-bond donors (Lipinski definition) is 0. The minimum absolute atomic E-state index is 0.0359. The highest BCUT2D eigenvalue weighted by molar-refractivity contribution is 7.12. The van der Waals surface area contributed by atoms with Crippen LogP contribution in [0.4, 0.5) is 0 Å². The Morgan fingerprint density at radius 2 is 2.22 bits per heavy atom. The van der Waals surface area contributed by atoms with Crippen molar-refractivity contribution in [1.29, 1.82) is 5.26 Å². The second kappa shape index (κ2) is 7.79. The molecule has 2 aromatic heterocycles. The Morgan fingerprint density at radius 1 is 1.37 bits per heavy atom. The third-order valence-electron chi connectivity index (χ3n) is 5.52. The largest absolute Gasteiger partial charge is 0.371 e. The number of carbonyl (C=O) groups is 1. The van der Waals surface area contributed by atoms with Crippen molar-refractivity contribution in [3.8, 4) is 6.07 Å². The van der Waals surface area contributed by atoms with E-state index >= 15 is 0 Å². The van der Waals surface area contributed by atoms with Crippen LogP contribution in [0.3, 0.4) is 0 Å². The van der Waals surface area contributed by atoms with Gasteiger partial charge in [0.05, 0.1) is 19.3 Å². The molecule has 1 aliphatic heterocycles. The fraction of sp³-hybridized carbons (Fsp3) is 0.476. The van der Waals surface area contributed by atoms with Crippen molar-refractivity contribution >= 4 is 17.2 Å². The highest BCUT2D eigenvalue weighted by Gasteiger charge is 2.44. The predicted molar refractivity (Wildman–Crippen MR) is 103 cm³/mol. The summed E-state index contributed by atoms with van der Waals surface area (Å²) in [5.41, 5.74) is 1.50. The predicted octanol–water partition coefficient (Wildman–Crippen LogP) is 3.83. The lowest BCUT2D eigenvalue weighted by molar-refractivity contribution is -0.139. The number of ether oxygens (including phenoxy) is 1. The number of pyridine rings is 1. The summed E-state index contributed by atoms with van der Waals surface area (Å²) >= 11 is 1.78. The molecule has 1 aliphatic carbocycles. The molecule has 1 saturated carbocycles. The van der Waals surface area contributed by atoms with Crippen molar-refractivity contribution in [2.45, 2.75) is 51.9 Å². The van der Waals surface area contributed by atoms with E-state index in [1.54, 1.807) is 17.5 Å². The van der Waals surface area contributed by atoms with E-state index in [0.717, 1.165) is 24.8 Å². The zero-order valence-electron chi connectivity index (χ0n) is 15.3. The van der Waals surface area contributed by atoms with Crippen LogP contribution in [0.2, 0.25) is 0 Å². The first-order chi connectivity index (χ1) is 13.2. The van der Waals surface area contributed by atoms with Gasteiger partial charge in [-0.25, -0.2) is 0 Å². The smallest absolute Gasteiger partial charge is 0.243 e. The van der Waals surface area contributed by atoms with Gasteiger partial charge in [0, 0.05) is 35.2 Å². The summed E-state index contributed by atoms with van der Waals surface area (Å²) in [5.74, 6) is 0.0359. The number of thiophene rings is 1. The minimum Gasteiger partial charge on any atom is -0.371 e. The summed E-state index contributed by atoms with van der Waals surface area (Å²) in [5, 5.41) is 9.59. The third-order valence-corrected chi connectivity index (χ3v) is 6.73. The van der Waals surface area contributed by atoms with E-state index in [4.69, 9.17) is 4.74 Å². The molecule has 1 fully saturated rings. The Morgan fingerprint density at radius 3 is 2.96 bits per heavy atom. The van der Waals surface area contributed by atoms with Crippen molar-refractivity contribution in [2.24, 2.45) is 5.41 Å². The Bertz CT molecular complexity index is 850. The van der Waals surface area contributed by atoms with Gasteiger partial charge in [0.25, 0.3) is 0 Å². The summed E-state index contributed by atoms with van der Waals surface area (Å²) in [4.78, 5) is 21.5. The van der Waals surface area contributed by atoms with Crippen molar-refractivity contribution < 1.29 is 9.53 Å². The number of nitriles is 1. The lowest BCUT2D eigenvalue weighted by Crippen LogP contribution is -2.44. The highest BCUT2D eigenvalue weighted by atomic mass is 32.1. The molecule has 6 heteroatoms. The molecular formula is C21H23N3O2S. The van der Waals surface area contributed by atoms with E-state index in [1.165, 1.54) is 15.3 Å². The van der Waals surface area contributed by atoms with Crippen molar-refractivity contribution in [3.05, 3.63) is 51.5 Å². The molecule has 0 saturated heterocycles. The highest BCUT2D eigenvalue weighted by Crippen LogP contribution is 2.40. The SMILES string of the molecule is N#CC1(C(=O)N2CCc3sc(COCc4cccnc4)cc3C2)CCCC1. The molecule has 0 aromatic carbocycles. The van der Waals surface area contributed by atoms with Crippen LogP contribution in [0.1, 0.15) is 46.6 Å². The van der Waals surface area contributed by atoms with Crippen LogP contribution in [0.25, 0.3) is 0 Å². The molecule has 4 rings (SSSR count). The van der Waals surface area contributed by atoms with Crippen molar-refractivity contribution in [2.75, 3.05) is 6.54 Å². The monoisotopic (exact) mass is 381 g/mol. The summed E-state index contributed by atoms with van der Waals surface area (Å²) in [6.07, 6.45) is 7.83. The van der Waals surface area contributed by atoms with E-state index in [1.807, 2.05) is 23.2 Å². The summed E-state index contributed by atoms with van der Waals surface area (Å²) in [7, 11) is 0. The first-order valence-corrected chi connectivity index (χ1v) is 10.3. The maximum absolute atomic E-state index is 13.0. The summed E-state index contributed by atoms with van der Waals surface area (Å²) < 4.78 is 5.82. The fourth-order valence-corrected chi connectivity index (χ4v) is 5.15. The van der Waals surface area contributed by atoms with Gasteiger partial charge in [-0.3, -0.25) is 9.78 Å². The van der Waals surface area contributed by atoms with Crippen LogP contribution in [-0.2, 0) is 35.7 Å². The molecule has 0 N–H and O–H groups in total. The van der Waals surface area contributed by atoms with E-state index in [2.05, 4.69) is 17.1 Å². The van der Waals surface area contributed by atoms with Crippen LogP contribution in [0.5, 0.6) is 0 Å². The molecule has 2 aromatic rings. The topological polar surface area (TPSA) is 66.2 Å². The zero-order chi connectivity index (χ0) is 18.7. The molecule has 140 valence electrons. The van der Waals surface area contributed by atoms with Gasteiger partial charge >= 0.3 is 0 Å². The lowest BCUT2D eigenvalue weighted by atomic mass is 9.85. The molecule has 0 radical (unpaired) electrons. The van der Waals surface area contributed by atoms with Crippen LogP contribution < -0.4 is 0 Å². The number of hydrogen-bond acceptors (Lipinski definition) is 5. The second-order valence-corrected chi connectivity index (χ2v) is 8.61. The van der Waals surface area contributed by atoms with Crippen LogP contribution >= 0.6 is 11.3 Å². The van der Waals surface area contributed by atoms with Gasteiger partial charge in [-0.15, -0.1) is 11.3 Å². The molecule has 0 spiro atoms. The number of aromatic nitrogens is 1. The van der Waals surface area contributed by atoms with Gasteiger partial charge in [-0.1, -0.05) is 18.9 Å². The fourth-order valence-electron chi connectivity index (χ4n) is 4.05. The molecule has 0 unspecified atom stereocenters. The molecular weight excluding hydrogens is 358 g/mol. The molecule has 1 amide bonds. The molecule has 0 bridgehead atoms. The van der Waals surface area contributed by atoms with Gasteiger partial charge < -0.3 is 9.64 Å². The number of carbonyl (C=O) groups excluding carboxylic acids is 1. The Kier molecular flexibility index (Phi) is 5.24. The molecule has 2 aliphatic rings. The minimum atomic E-state index is -0.775. The van der Waals surface area contributed by atoms with E-state index in [0.29, 0.717) is 39.1 Å². The van der Waals surface area contributed by atoms with Gasteiger partial charge in [0.15, 0.2) is 0 Å². The quantitative estimate of drug-likeness (QED) is 0.789.